The number of ether oxygens (including phenoxy) is 1. The SMILES string of the molecule is C1=C(Nc2nccc(-c3cn(C4COC4)nc3-c3cccnc3)n2)CCC(N2CCNCC2)=C1. The Morgan fingerprint density at radius 1 is 1.06 bits per heavy atom. The van der Waals surface area contributed by atoms with Gasteiger partial charge in [0.05, 0.1) is 24.9 Å². The number of piperazine rings is 1. The van der Waals surface area contributed by atoms with E-state index in [4.69, 9.17) is 14.8 Å². The van der Waals surface area contributed by atoms with Gasteiger partial charge >= 0.3 is 0 Å². The fraction of sp³-hybridized carbons (Fsp3) is 0.360. The van der Waals surface area contributed by atoms with Crippen molar-refractivity contribution in [1.82, 2.24) is 34.9 Å². The summed E-state index contributed by atoms with van der Waals surface area (Å²) in [7, 11) is 0. The first-order valence-electron chi connectivity index (χ1n) is 11.9. The summed E-state index contributed by atoms with van der Waals surface area (Å²) in [5.41, 5.74) is 6.16. The number of pyridine rings is 1. The van der Waals surface area contributed by atoms with E-state index in [9.17, 15) is 0 Å². The van der Waals surface area contributed by atoms with Crippen LogP contribution in [0, 0.1) is 0 Å². The van der Waals surface area contributed by atoms with E-state index in [1.807, 2.05) is 29.1 Å². The van der Waals surface area contributed by atoms with Crippen LogP contribution in [0.25, 0.3) is 22.5 Å². The van der Waals surface area contributed by atoms with Gasteiger partial charge in [0.25, 0.3) is 0 Å². The third kappa shape index (κ3) is 4.32. The van der Waals surface area contributed by atoms with Gasteiger partial charge < -0.3 is 20.3 Å². The van der Waals surface area contributed by atoms with Crippen LogP contribution < -0.4 is 10.6 Å². The first-order chi connectivity index (χ1) is 16.8. The smallest absolute Gasteiger partial charge is 0.227 e. The molecule has 0 radical (unpaired) electrons. The van der Waals surface area contributed by atoms with E-state index < -0.39 is 0 Å². The minimum Gasteiger partial charge on any atom is -0.377 e. The summed E-state index contributed by atoms with van der Waals surface area (Å²) >= 11 is 0. The highest BCUT2D eigenvalue weighted by Crippen LogP contribution is 2.32. The maximum Gasteiger partial charge on any atom is 0.227 e. The molecule has 2 saturated heterocycles. The van der Waals surface area contributed by atoms with Crippen molar-refractivity contribution in [1.29, 1.82) is 0 Å². The van der Waals surface area contributed by atoms with Crippen molar-refractivity contribution >= 4 is 5.95 Å². The summed E-state index contributed by atoms with van der Waals surface area (Å²) in [6.07, 6.45) is 13.8. The monoisotopic (exact) mass is 456 g/mol. The number of anilines is 1. The molecule has 0 aromatic carbocycles. The Morgan fingerprint density at radius 2 is 1.97 bits per heavy atom. The number of hydrogen-bond acceptors (Lipinski definition) is 8. The van der Waals surface area contributed by atoms with Gasteiger partial charge in [0.2, 0.25) is 5.95 Å². The van der Waals surface area contributed by atoms with Crippen molar-refractivity contribution in [2.45, 2.75) is 18.9 Å². The number of hydrogen-bond donors (Lipinski definition) is 2. The van der Waals surface area contributed by atoms with Crippen LogP contribution in [-0.4, -0.2) is 69.0 Å². The third-order valence-electron chi connectivity index (χ3n) is 6.52. The molecule has 5 heterocycles. The van der Waals surface area contributed by atoms with Gasteiger partial charge in [0, 0.05) is 73.5 Å². The molecule has 3 aromatic heterocycles. The van der Waals surface area contributed by atoms with Crippen molar-refractivity contribution in [3.8, 4) is 22.5 Å². The number of nitrogens with one attached hydrogen (secondary N) is 2. The molecule has 0 atom stereocenters. The lowest BCUT2D eigenvalue weighted by atomic mass is 10.1. The minimum absolute atomic E-state index is 0.257. The molecule has 0 saturated carbocycles. The van der Waals surface area contributed by atoms with Gasteiger partial charge in [-0.1, -0.05) is 0 Å². The first-order valence-corrected chi connectivity index (χ1v) is 11.9. The normalized spacial score (nSPS) is 18.8. The second kappa shape index (κ2) is 9.36. The lowest BCUT2D eigenvalue weighted by Gasteiger charge is -2.33. The van der Waals surface area contributed by atoms with E-state index in [2.05, 4.69) is 43.9 Å². The Morgan fingerprint density at radius 3 is 2.71 bits per heavy atom. The summed E-state index contributed by atoms with van der Waals surface area (Å²) in [5, 5.41) is 11.7. The van der Waals surface area contributed by atoms with Crippen molar-refractivity contribution in [3.05, 3.63) is 66.5 Å². The summed E-state index contributed by atoms with van der Waals surface area (Å²) in [6, 6.07) is 6.14. The second-order valence-electron chi connectivity index (χ2n) is 8.78. The van der Waals surface area contributed by atoms with Crippen LogP contribution >= 0.6 is 0 Å². The highest BCUT2D eigenvalue weighted by Gasteiger charge is 2.25. The standard InChI is InChI=1S/C25H28N8O/c1-2-18(14-27-8-1)24-22(15-33(31-24)21-16-34-17-21)23-7-9-28-25(30-23)29-19-3-5-20(6-4-19)32-12-10-26-11-13-32/h1-3,5,7-9,14-15,21,26H,4,6,10-13,16-17H2,(H,28,29,30). The van der Waals surface area contributed by atoms with Gasteiger partial charge in [0.1, 0.15) is 5.69 Å². The van der Waals surface area contributed by atoms with Crippen LogP contribution in [0.1, 0.15) is 18.9 Å². The van der Waals surface area contributed by atoms with Crippen molar-refractivity contribution in [2.24, 2.45) is 0 Å². The topological polar surface area (TPSA) is 93.0 Å². The molecule has 0 unspecified atom stereocenters. The Kier molecular flexibility index (Phi) is 5.78. The van der Waals surface area contributed by atoms with Crippen LogP contribution in [0.5, 0.6) is 0 Å². The maximum atomic E-state index is 5.37. The van der Waals surface area contributed by atoms with E-state index >= 15 is 0 Å². The predicted octanol–water partition coefficient (Wildman–Crippen LogP) is 2.85. The molecule has 0 spiro atoms. The Balaban J connectivity index is 1.25. The average Bonchev–Trinajstić information content (AvgIpc) is 3.29. The molecule has 1 aliphatic carbocycles. The number of rotatable bonds is 6. The highest BCUT2D eigenvalue weighted by molar-refractivity contribution is 5.78. The first kappa shape index (κ1) is 21.0. The zero-order valence-corrected chi connectivity index (χ0v) is 19.0. The van der Waals surface area contributed by atoms with E-state index in [1.54, 1.807) is 12.4 Å². The van der Waals surface area contributed by atoms with Crippen molar-refractivity contribution in [3.63, 3.8) is 0 Å². The van der Waals surface area contributed by atoms with Crippen molar-refractivity contribution < 1.29 is 4.74 Å². The molecular formula is C25H28N8O. The molecule has 2 N–H and O–H groups in total. The summed E-state index contributed by atoms with van der Waals surface area (Å²) in [6.45, 7) is 5.63. The molecule has 174 valence electrons. The number of nitrogens with zero attached hydrogens (tertiary/aromatic N) is 6. The number of allylic oxidation sites excluding steroid dienone is 4. The van der Waals surface area contributed by atoms with Crippen LogP contribution in [0.15, 0.2) is 66.5 Å². The van der Waals surface area contributed by atoms with Crippen LogP contribution in [0.2, 0.25) is 0 Å². The Bertz CT molecular complexity index is 1210. The lowest BCUT2D eigenvalue weighted by molar-refractivity contribution is -0.0285. The highest BCUT2D eigenvalue weighted by atomic mass is 16.5. The summed E-state index contributed by atoms with van der Waals surface area (Å²) in [5.74, 6) is 0.597. The largest absolute Gasteiger partial charge is 0.377 e. The number of aromatic nitrogens is 5. The summed E-state index contributed by atoms with van der Waals surface area (Å²) < 4.78 is 7.36. The quantitative estimate of drug-likeness (QED) is 0.585. The molecular weight excluding hydrogens is 428 g/mol. The predicted molar refractivity (Wildman–Crippen MR) is 130 cm³/mol. The molecule has 3 aliphatic rings. The maximum absolute atomic E-state index is 5.37. The van der Waals surface area contributed by atoms with Crippen LogP contribution in [-0.2, 0) is 4.74 Å². The fourth-order valence-corrected chi connectivity index (χ4v) is 4.52. The van der Waals surface area contributed by atoms with Gasteiger partial charge in [-0.3, -0.25) is 9.67 Å². The molecule has 6 rings (SSSR count). The van der Waals surface area contributed by atoms with Gasteiger partial charge in [-0.2, -0.15) is 5.10 Å². The molecule has 9 heteroatoms. The molecule has 34 heavy (non-hydrogen) atoms. The van der Waals surface area contributed by atoms with E-state index in [-0.39, 0.29) is 6.04 Å². The van der Waals surface area contributed by atoms with Crippen LogP contribution in [0.3, 0.4) is 0 Å². The Labute approximate surface area is 198 Å². The second-order valence-corrected chi connectivity index (χ2v) is 8.78. The van der Waals surface area contributed by atoms with Gasteiger partial charge in [-0.15, -0.1) is 0 Å². The molecule has 2 aliphatic heterocycles. The molecule has 3 aromatic rings. The van der Waals surface area contributed by atoms with E-state index in [1.165, 1.54) is 5.70 Å². The minimum atomic E-state index is 0.257. The van der Waals surface area contributed by atoms with Gasteiger partial charge in [-0.05, 0) is 43.2 Å². The average molecular weight is 457 g/mol. The van der Waals surface area contributed by atoms with Gasteiger partial charge in [-0.25, -0.2) is 9.97 Å². The Hall–Kier alpha value is -3.56. The molecule has 0 amide bonds. The zero-order chi connectivity index (χ0) is 22.7. The summed E-state index contributed by atoms with van der Waals surface area (Å²) in [4.78, 5) is 16.1. The molecule has 9 nitrogen and oxygen atoms in total. The van der Waals surface area contributed by atoms with Crippen molar-refractivity contribution in [2.75, 3.05) is 44.7 Å². The molecule has 0 bridgehead atoms. The lowest BCUT2D eigenvalue weighted by Crippen LogP contribution is -2.43. The van der Waals surface area contributed by atoms with Gasteiger partial charge in [0.15, 0.2) is 0 Å². The van der Waals surface area contributed by atoms with Crippen LogP contribution in [0.4, 0.5) is 5.95 Å². The van der Waals surface area contributed by atoms with E-state index in [0.717, 1.165) is 67.2 Å². The molecule has 2 fully saturated rings. The van der Waals surface area contributed by atoms with E-state index in [0.29, 0.717) is 19.2 Å². The fourth-order valence-electron chi connectivity index (χ4n) is 4.52. The zero-order valence-electron chi connectivity index (χ0n) is 19.0. The third-order valence-corrected chi connectivity index (χ3v) is 6.52.